The lowest BCUT2D eigenvalue weighted by Crippen LogP contribution is -2.59. The second-order valence-corrected chi connectivity index (χ2v) is 20.6. The number of aliphatic hydroxyl groups is 4. The molecular weight excluding hydrogens is 1180 g/mol. The van der Waals surface area contributed by atoms with Crippen molar-refractivity contribution in [3.63, 3.8) is 0 Å². The fourth-order valence-corrected chi connectivity index (χ4v) is 8.76. The molecule has 3 aromatic rings. The minimum absolute atomic E-state index is 0.00786. The van der Waals surface area contributed by atoms with E-state index in [0.717, 1.165) is 10.9 Å². The van der Waals surface area contributed by atoms with Crippen molar-refractivity contribution in [1.82, 2.24) is 52.8 Å². The number of benzene rings is 2. The molecule has 88 heavy (non-hydrogen) atoms. The predicted molar refractivity (Wildman–Crippen MR) is 315 cm³/mol. The van der Waals surface area contributed by atoms with E-state index in [9.17, 15) is 68.4 Å². The number of fused-ring (bicyclic) bond motifs is 1. The average molecular weight is 1260 g/mol. The molecule has 16 N–H and O–H groups in total. The summed E-state index contributed by atoms with van der Waals surface area (Å²) in [5.74, 6) is -6.68. The molecule has 0 saturated carbocycles. The number of nitrogens with one attached hydrogen (secondary N) is 10. The third-order valence-corrected chi connectivity index (χ3v) is 13.6. The van der Waals surface area contributed by atoms with Gasteiger partial charge in [-0.3, -0.25) is 47.9 Å². The number of H-pyrrole nitrogens is 1. The molecule has 31 nitrogen and oxygen atoms in total. The van der Waals surface area contributed by atoms with Gasteiger partial charge in [-0.2, -0.15) is 12.6 Å². The first-order valence-electron chi connectivity index (χ1n) is 28.4. The third-order valence-electron chi connectivity index (χ3n) is 13.2. The summed E-state index contributed by atoms with van der Waals surface area (Å²) in [6, 6.07) is 8.74. The molecule has 0 unspecified atom stereocenters. The molecule has 1 fully saturated rings. The number of hydrogen-bond acceptors (Lipinski definition) is 21. The Morgan fingerprint density at radius 1 is 0.591 bits per heavy atom. The van der Waals surface area contributed by atoms with Crippen LogP contribution in [0.1, 0.15) is 44.7 Å². The summed E-state index contributed by atoms with van der Waals surface area (Å²) >= 11 is 3.95. The maximum absolute atomic E-state index is 14.1. The van der Waals surface area contributed by atoms with Crippen molar-refractivity contribution in [3.8, 4) is 0 Å². The van der Waals surface area contributed by atoms with Crippen molar-refractivity contribution in [2.24, 2.45) is 5.73 Å². The van der Waals surface area contributed by atoms with Gasteiger partial charge in [0.25, 0.3) is 0 Å². The number of primary amides is 1. The molecule has 32 heteroatoms. The predicted octanol–water partition coefficient (Wildman–Crippen LogP) is -5.65. The van der Waals surface area contributed by atoms with Crippen molar-refractivity contribution < 1.29 is 96.8 Å². The summed E-state index contributed by atoms with van der Waals surface area (Å²) in [5, 5.41) is 63.9. The van der Waals surface area contributed by atoms with Crippen LogP contribution < -0.4 is 53.6 Å². The Bertz CT molecular complexity index is 2730. The van der Waals surface area contributed by atoms with E-state index >= 15 is 0 Å². The maximum Gasteiger partial charge on any atom is 0.246 e. The van der Waals surface area contributed by atoms with Gasteiger partial charge in [0.1, 0.15) is 73.9 Å². The van der Waals surface area contributed by atoms with Crippen LogP contribution in [-0.2, 0) is 89.2 Å². The number of hydrogen-bond donors (Lipinski definition) is 16. The van der Waals surface area contributed by atoms with Crippen molar-refractivity contribution in [1.29, 1.82) is 0 Å². The summed E-state index contributed by atoms with van der Waals surface area (Å²) in [5.41, 5.74) is 7.36. The lowest BCUT2D eigenvalue weighted by molar-refractivity contribution is -0.300. The number of aromatic nitrogens is 1. The molecule has 2 aromatic carbocycles. The quantitative estimate of drug-likeness (QED) is 0.0186. The molecule has 0 radical (unpaired) electrons. The zero-order valence-electron chi connectivity index (χ0n) is 49.2. The molecule has 488 valence electrons. The van der Waals surface area contributed by atoms with Crippen molar-refractivity contribution in [2.45, 2.75) is 113 Å². The van der Waals surface area contributed by atoms with E-state index in [-0.39, 0.29) is 104 Å². The molecule has 10 amide bonds. The fraction of sp³-hybridized carbons (Fsp3) is 0.571. The van der Waals surface area contributed by atoms with Crippen LogP contribution in [-0.4, -0.2) is 243 Å². The van der Waals surface area contributed by atoms with Gasteiger partial charge < -0.3 is 107 Å². The Morgan fingerprint density at radius 2 is 1.15 bits per heavy atom. The van der Waals surface area contributed by atoms with E-state index in [0.29, 0.717) is 11.1 Å². The Kier molecular flexibility index (Phi) is 32.8. The molecule has 0 bridgehead atoms. The van der Waals surface area contributed by atoms with Crippen LogP contribution in [0.5, 0.6) is 0 Å². The van der Waals surface area contributed by atoms with Gasteiger partial charge in [0, 0.05) is 68.7 Å². The van der Waals surface area contributed by atoms with Gasteiger partial charge in [-0.25, -0.2) is 0 Å². The van der Waals surface area contributed by atoms with Gasteiger partial charge >= 0.3 is 0 Å². The Hall–Kier alpha value is -7.37. The zero-order valence-corrected chi connectivity index (χ0v) is 50.1. The normalized spacial score (nSPS) is 18.4. The number of amides is 10. The standard InChI is InChI=1S/C56H83N11O20S/c1-32(63-55(81)41(64-34(3)69)26-36-27-61-38-12-8-7-11-37(36)38)51(77)66-39(13-14-44(70)58-17-20-86-56-49(75)48(74)47(73)43(28-68)87-56)54(80)62-33(2)52(78)67-40(25-35-9-5-4-6-10-35)53(79)60-16-19-83-21-23-84-29-45(71)59-15-18-82-22-24-85-30-46(72)65-42(31-88)50(57)76/h4-12,27,32-33,39-43,47-49,56,61,68,73-75,88H,13-26,28-31H2,1-3H3,(H2,57,76)(H,58,70)(H,59,71)(H,60,79)(H,62,80)(H,63,81)(H,64,69)(H,65,72)(H,66,77)(H,67,78)/t32-,33-,39-,40-,41-,42-,43+,47-,48-,49+,56+/m0/s1. The van der Waals surface area contributed by atoms with Crippen LogP contribution in [0.3, 0.4) is 0 Å². The molecule has 1 saturated heterocycles. The molecule has 1 aromatic heterocycles. The van der Waals surface area contributed by atoms with Gasteiger partial charge in [0.15, 0.2) is 6.29 Å². The first-order valence-corrected chi connectivity index (χ1v) is 29.1. The van der Waals surface area contributed by atoms with Crippen LogP contribution in [0.25, 0.3) is 10.9 Å². The molecule has 0 spiro atoms. The number of nitrogens with two attached hydrogens (primary N) is 1. The second kappa shape index (κ2) is 39.5. The molecule has 4 rings (SSSR count). The van der Waals surface area contributed by atoms with Crippen molar-refractivity contribution in [3.05, 3.63) is 71.9 Å². The van der Waals surface area contributed by atoms with E-state index in [1.54, 1.807) is 36.5 Å². The second-order valence-electron chi connectivity index (χ2n) is 20.2. The lowest BCUT2D eigenvalue weighted by Gasteiger charge is -2.39. The number of carbonyl (C=O) groups excluding carboxylic acids is 10. The molecular formula is C56H83N11O20S. The van der Waals surface area contributed by atoms with Gasteiger partial charge in [-0.1, -0.05) is 48.5 Å². The van der Waals surface area contributed by atoms with Crippen LogP contribution in [0.2, 0.25) is 0 Å². The highest BCUT2D eigenvalue weighted by molar-refractivity contribution is 7.80. The number of para-hydroxylation sites is 1. The number of aromatic amines is 1. The number of aliphatic hydroxyl groups excluding tert-OH is 4. The summed E-state index contributed by atoms with van der Waals surface area (Å²) in [4.78, 5) is 133. The van der Waals surface area contributed by atoms with Gasteiger partial charge in [0.2, 0.25) is 59.1 Å². The Balaban J connectivity index is 1.28. The summed E-state index contributed by atoms with van der Waals surface area (Å²) in [7, 11) is 0. The molecule has 0 aliphatic carbocycles. The zero-order chi connectivity index (χ0) is 64.5. The Labute approximate surface area is 513 Å². The topological polar surface area (TPSA) is 457 Å². The average Bonchev–Trinajstić information content (AvgIpc) is 4.16. The molecule has 1 aliphatic heterocycles. The smallest absolute Gasteiger partial charge is 0.246 e. The van der Waals surface area contributed by atoms with Gasteiger partial charge in [-0.05, 0) is 37.5 Å². The first kappa shape index (κ1) is 73.1. The van der Waals surface area contributed by atoms with Crippen LogP contribution in [0.15, 0.2) is 60.8 Å². The lowest BCUT2D eigenvalue weighted by atomic mass is 9.99. The fourth-order valence-electron chi connectivity index (χ4n) is 8.49. The van der Waals surface area contributed by atoms with E-state index < -0.39 is 139 Å². The van der Waals surface area contributed by atoms with Gasteiger partial charge in [-0.15, -0.1) is 0 Å². The van der Waals surface area contributed by atoms with E-state index in [1.165, 1.54) is 20.8 Å². The van der Waals surface area contributed by atoms with Gasteiger partial charge in [0.05, 0.1) is 52.9 Å². The highest BCUT2D eigenvalue weighted by Gasteiger charge is 2.44. The maximum atomic E-state index is 14.1. The van der Waals surface area contributed by atoms with E-state index in [4.69, 9.17) is 34.2 Å². The highest BCUT2D eigenvalue weighted by atomic mass is 32.1. The number of carbonyl (C=O) groups is 10. The number of ether oxygens (including phenoxy) is 6. The number of thiol groups is 1. The minimum atomic E-state index is -1.69. The summed E-state index contributed by atoms with van der Waals surface area (Å²) in [6.07, 6.45) is -6.64. The van der Waals surface area contributed by atoms with Crippen LogP contribution in [0.4, 0.5) is 0 Å². The van der Waals surface area contributed by atoms with E-state index in [1.807, 2.05) is 24.3 Å². The molecule has 11 atom stereocenters. The Morgan fingerprint density at radius 3 is 1.77 bits per heavy atom. The summed E-state index contributed by atoms with van der Waals surface area (Å²) in [6.45, 7) is 2.89. The third kappa shape index (κ3) is 26.1. The monoisotopic (exact) mass is 1260 g/mol. The van der Waals surface area contributed by atoms with Crippen molar-refractivity contribution >= 4 is 82.6 Å². The van der Waals surface area contributed by atoms with Crippen molar-refractivity contribution in [2.75, 3.05) is 91.5 Å². The van der Waals surface area contributed by atoms with E-state index in [2.05, 4.69) is 65.5 Å². The van der Waals surface area contributed by atoms with Crippen LogP contribution in [0, 0.1) is 0 Å². The molecule has 1 aliphatic rings. The number of rotatable bonds is 41. The largest absolute Gasteiger partial charge is 0.394 e. The summed E-state index contributed by atoms with van der Waals surface area (Å²) < 4.78 is 32.2. The SMILES string of the molecule is CC(=O)N[C@@H](Cc1c[nH]c2ccccc12)C(=O)N[C@@H](C)C(=O)N[C@@H](CCC(=O)NCCO[C@@H]1O[C@H](CO)[C@H](O)[C@H](O)[C@H]1O)C(=O)N[C@@H](C)C(=O)N[C@@H](Cc1ccccc1)C(=O)NCCOCCOCC(=O)NCCOCCOCC(=O)N[C@@H](CS)C(N)=O. The first-order chi connectivity index (χ1) is 42.1. The highest BCUT2D eigenvalue weighted by Crippen LogP contribution is 2.22. The van der Waals surface area contributed by atoms with Crippen LogP contribution >= 0.6 is 12.6 Å². The minimum Gasteiger partial charge on any atom is -0.394 e. The molecule has 2 heterocycles.